The predicted molar refractivity (Wildman–Crippen MR) is 94.0 cm³/mol. The molecule has 2 nitrogen and oxygen atoms in total. The van der Waals surface area contributed by atoms with E-state index in [1.807, 2.05) is 73.7 Å². The second-order valence-corrected chi connectivity index (χ2v) is 6.19. The SMILES string of the molecule is CC(NC(=O)c1cccc2ccccc12)c1ccc(Br)cc1. The molecule has 0 fully saturated rings. The average molecular weight is 354 g/mol. The van der Waals surface area contributed by atoms with Crippen molar-refractivity contribution in [1.82, 2.24) is 5.32 Å². The number of fused-ring (bicyclic) bond motifs is 1. The van der Waals surface area contributed by atoms with Crippen LogP contribution in [0.2, 0.25) is 0 Å². The molecule has 0 aromatic heterocycles. The Kier molecular flexibility index (Phi) is 4.25. The minimum Gasteiger partial charge on any atom is -0.345 e. The highest BCUT2D eigenvalue weighted by Crippen LogP contribution is 2.21. The number of hydrogen-bond donors (Lipinski definition) is 1. The first kappa shape index (κ1) is 14.8. The van der Waals surface area contributed by atoms with E-state index in [4.69, 9.17) is 0 Å². The Morgan fingerprint density at radius 3 is 2.41 bits per heavy atom. The molecule has 1 atom stereocenters. The summed E-state index contributed by atoms with van der Waals surface area (Å²) in [5.41, 5.74) is 1.79. The van der Waals surface area contributed by atoms with Gasteiger partial charge in [0.15, 0.2) is 0 Å². The van der Waals surface area contributed by atoms with E-state index in [9.17, 15) is 4.79 Å². The highest BCUT2D eigenvalue weighted by Gasteiger charge is 2.13. The van der Waals surface area contributed by atoms with Crippen LogP contribution < -0.4 is 5.32 Å². The minimum absolute atomic E-state index is 0.0421. The summed E-state index contributed by atoms with van der Waals surface area (Å²) in [5.74, 6) is -0.0489. The summed E-state index contributed by atoms with van der Waals surface area (Å²) < 4.78 is 1.03. The topological polar surface area (TPSA) is 29.1 Å². The Bertz CT molecular complexity index is 806. The molecule has 0 radical (unpaired) electrons. The molecule has 3 aromatic carbocycles. The molecular weight excluding hydrogens is 338 g/mol. The molecular formula is C19H16BrNO. The first-order valence-electron chi connectivity index (χ1n) is 7.19. The number of benzene rings is 3. The van der Waals surface area contributed by atoms with E-state index in [2.05, 4.69) is 21.2 Å². The molecule has 22 heavy (non-hydrogen) atoms. The van der Waals surface area contributed by atoms with Gasteiger partial charge in [0.05, 0.1) is 6.04 Å². The van der Waals surface area contributed by atoms with Crippen molar-refractivity contribution in [3.05, 3.63) is 82.3 Å². The van der Waals surface area contributed by atoms with Crippen molar-refractivity contribution in [3.8, 4) is 0 Å². The zero-order valence-corrected chi connectivity index (χ0v) is 13.8. The van der Waals surface area contributed by atoms with Gasteiger partial charge in [0.25, 0.3) is 5.91 Å². The molecule has 3 aromatic rings. The Morgan fingerprint density at radius 2 is 1.64 bits per heavy atom. The molecule has 3 heteroatoms. The summed E-state index contributed by atoms with van der Waals surface area (Å²) >= 11 is 3.42. The van der Waals surface area contributed by atoms with Crippen LogP contribution in [0.4, 0.5) is 0 Å². The van der Waals surface area contributed by atoms with E-state index in [0.29, 0.717) is 5.56 Å². The quantitative estimate of drug-likeness (QED) is 0.697. The molecule has 0 aliphatic carbocycles. The summed E-state index contributed by atoms with van der Waals surface area (Å²) in [6.45, 7) is 1.99. The van der Waals surface area contributed by atoms with Crippen molar-refractivity contribution < 1.29 is 4.79 Å². The van der Waals surface area contributed by atoms with Crippen LogP contribution in [-0.2, 0) is 0 Å². The highest BCUT2D eigenvalue weighted by atomic mass is 79.9. The van der Waals surface area contributed by atoms with E-state index in [1.165, 1.54) is 0 Å². The summed E-state index contributed by atoms with van der Waals surface area (Å²) in [5, 5.41) is 5.12. The van der Waals surface area contributed by atoms with Crippen LogP contribution in [0.15, 0.2) is 71.2 Å². The Hall–Kier alpha value is -2.13. The molecule has 1 amide bonds. The lowest BCUT2D eigenvalue weighted by molar-refractivity contribution is 0.0941. The summed E-state index contributed by atoms with van der Waals surface area (Å²) in [4.78, 5) is 12.6. The molecule has 110 valence electrons. The van der Waals surface area contributed by atoms with Gasteiger partial charge < -0.3 is 5.32 Å². The monoisotopic (exact) mass is 353 g/mol. The molecule has 1 unspecified atom stereocenters. The maximum Gasteiger partial charge on any atom is 0.252 e. The third-order valence-corrected chi connectivity index (χ3v) is 4.28. The minimum atomic E-state index is -0.0489. The van der Waals surface area contributed by atoms with Crippen molar-refractivity contribution in [3.63, 3.8) is 0 Å². The van der Waals surface area contributed by atoms with Crippen LogP contribution in [0, 0.1) is 0 Å². The summed E-state index contributed by atoms with van der Waals surface area (Å²) in [6, 6.07) is 21.7. The van der Waals surface area contributed by atoms with Gasteiger partial charge in [-0.05, 0) is 41.5 Å². The van der Waals surface area contributed by atoms with E-state index < -0.39 is 0 Å². The first-order valence-corrected chi connectivity index (χ1v) is 7.98. The van der Waals surface area contributed by atoms with Gasteiger partial charge in [-0.3, -0.25) is 4.79 Å². The van der Waals surface area contributed by atoms with E-state index in [1.54, 1.807) is 0 Å². The largest absolute Gasteiger partial charge is 0.345 e. The fourth-order valence-corrected chi connectivity index (χ4v) is 2.80. The van der Waals surface area contributed by atoms with Crippen molar-refractivity contribution in [2.75, 3.05) is 0 Å². The van der Waals surface area contributed by atoms with Gasteiger partial charge in [0.2, 0.25) is 0 Å². The smallest absolute Gasteiger partial charge is 0.252 e. The van der Waals surface area contributed by atoms with Crippen LogP contribution in [0.1, 0.15) is 28.9 Å². The predicted octanol–water partition coefficient (Wildman–Crippen LogP) is 5.09. The fraction of sp³-hybridized carbons (Fsp3) is 0.105. The van der Waals surface area contributed by atoms with Gasteiger partial charge in [-0.15, -0.1) is 0 Å². The normalized spacial score (nSPS) is 12.1. The van der Waals surface area contributed by atoms with Crippen LogP contribution in [0.3, 0.4) is 0 Å². The maximum absolute atomic E-state index is 12.6. The van der Waals surface area contributed by atoms with Crippen LogP contribution in [0.5, 0.6) is 0 Å². The Labute approximate surface area is 138 Å². The van der Waals surface area contributed by atoms with E-state index in [0.717, 1.165) is 20.8 Å². The number of carbonyl (C=O) groups excluding carboxylic acids is 1. The third kappa shape index (κ3) is 3.04. The fourth-order valence-electron chi connectivity index (χ4n) is 2.53. The Balaban J connectivity index is 1.85. The number of halogens is 1. The van der Waals surface area contributed by atoms with Crippen molar-refractivity contribution in [2.45, 2.75) is 13.0 Å². The zero-order chi connectivity index (χ0) is 15.5. The summed E-state index contributed by atoms with van der Waals surface area (Å²) in [6.07, 6.45) is 0. The number of amides is 1. The average Bonchev–Trinajstić information content (AvgIpc) is 2.54. The molecule has 0 aliphatic rings. The second kappa shape index (κ2) is 6.32. The number of hydrogen-bond acceptors (Lipinski definition) is 1. The van der Waals surface area contributed by atoms with Gasteiger partial charge >= 0.3 is 0 Å². The Morgan fingerprint density at radius 1 is 0.955 bits per heavy atom. The number of rotatable bonds is 3. The molecule has 0 saturated carbocycles. The molecule has 3 rings (SSSR count). The van der Waals surface area contributed by atoms with Crippen molar-refractivity contribution >= 4 is 32.6 Å². The molecule has 0 saturated heterocycles. The van der Waals surface area contributed by atoms with E-state index >= 15 is 0 Å². The van der Waals surface area contributed by atoms with Crippen LogP contribution in [-0.4, -0.2) is 5.91 Å². The first-order chi connectivity index (χ1) is 10.6. The second-order valence-electron chi connectivity index (χ2n) is 5.27. The van der Waals surface area contributed by atoms with Crippen molar-refractivity contribution in [2.24, 2.45) is 0 Å². The lowest BCUT2D eigenvalue weighted by atomic mass is 10.0. The highest BCUT2D eigenvalue weighted by molar-refractivity contribution is 9.10. The van der Waals surface area contributed by atoms with Crippen LogP contribution >= 0.6 is 15.9 Å². The number of carbonyl (C=O) groups is 1. The zero-order valence-electron chi connectivity index (χ0n) is 12.2. The van der Waals surface area contributed by atoms with Gasteiger partial charge in [-0.2, -0.15) is 0 Å². The lowest BCUT2D eigenvalue weighted by Crippen LogP contribution is -2.26. The molecule has 0 aliphatic heterocycles. The molecule has 0 spiro atoms. The van der Waals surface area contributed by atoms with Crippen molar-refractivity contribution in [1.29, 1.82) is 0 Å². The summed E-state index contributed by atoms with van der Waals surface area (Å²) in [7, 11) is 0. The van der Waals surface area contributed by atoms with Gasteiger partial charge in [0, 0.05) is 10.0 Å². The molecule has 1 N–H and O–H groups in total. The van der Waals surface area contributed by atoms with E-state index in [-0.39, 0.29) is 11.9 Å². The van der Waals surface area contributed by atoms with Gasteiger partial charge in [-0.25, -0.2) is 0 Å². The standard InChI is InChI=1S/C19H16BrNO/c1-13(14-9-11-16(20)12-10-14)21-19(22)18-8-4-6-15-5-2-3-7-17(15)18/h2-13H,1H3,(H,21,22). The molecule has 0 heterocycles. The van der Waals surface area contributed by atoms with Crippen LogP contribution in [0.25, 0.3) is 10.8 Å². The maximum atomic E-state index is 12.6. The van der Waals surface area contributed by atoms with Gasteiger partial charge in [-0.1, -0.05) is 64.5 Å². The lowest BCUT2D eigenvalue weighted by Gasteiger charge is -2.15. The molecule has 0 bridgehead atoms. The third-order valence-electron chi connectivity index (χ3n) is 3.75. The number of nitrogens with one attached hydrogen (secondary N) is 1. The van der Waals surface area contributed by atoms with Gasteiger partial charge in [0.1, 0.15) is 0 Å².